The van der Waals surface area contributed by atoms with Crippen molar-refractivity contribution in [2.45, 2.75) is 4.90 Å². The molecule has 1 nitrogen and oxygen atoms in total. The highest BCUT2D eigenvalue weighted by atomic mass is 79.9. The third-order valence-electron chi connectivity index (χ3n) is 1.63. The van der Waals surface area contributed by atoms with Gasteiger partial charge in [0.15, 0.2) is 0 Å². The highest BCUT2D eigenvalue weighted by molar-refractivity contribution is 9.11. The molecule has 0 aliphatic rings. The van der Waals surface area contributed by atoms with Gasteiger partial charge < -0.3 is 5.11 Å². The maximum Gasteiger partial charge on any atom is 0.125 e. The molecule has 62 valence electrons. The number of phenolic OH excluding ortho intramolecular Hbond substituents is 1. The van der Waals surface area contributed by atoms with E-state index >= 15 is 0 Å². The van der Waals surface area contributed by atoms with Crippen molar-refractivity contribution in [2.75, 3.05) is 0 Å². The third-order valence-corrected chi connectivity index (χ3v) is 4.36. The Morgan fingerprint density at radius 1 is 1.42 bits per heavy atom. The number of thiophene rings is 1. The lowest BCUT2D eigenvalue weighted by Gasteiger charge is -1.93. The highest BCUT2D eigenvalue weighted by Gasteiger charge is 2.09. The molecule has 0 aliphatic heterocycles. The molecule has 1 N–H and O–H groups in total. The van der Waals surface area contributed by atoms with Crippen molar-refractivity contribution >= 4 is 50.0 Å². The standard InChI is InChI=1S/C8H5BrOS2/c9-8-7(11)6-4(10)2-1-3-5(6)12-8/h1-3,10-11H. The molecule has 0 aliphatic carbocycles. The zero-order chi connectivity index (χ0) is 8.72. The van der Waals surface area contributed by atoms with Crippen molar-refractivity contribution in [1.82, 2.24) is 0 Å². The summed E-state index contributed by atoms with van der Waals surface area (Å²) < 4.78 is 2.01. The molecule has 0 spiro atoms. The first-order valence-electron chi connectivity index (χ1n) is 3.29. The van der Waals surface area contributed by atoms with Gasteiger partial charge in [-0.05, 0) is 28.1 Å². The lowest BCUT2D eigenvalue weighted by molar-refractivity contribution is 0.481. The first-order chi connectivity index (χ1) is 5.70. The number of hydrogen-bond acceptors (Lipinski definition) is 3. The minimum Gasteiger partial charge on any atom is -0.507 e. The molecule has 0 amide bonds. The average Bonchev–Trinajstić information content (AvgIpc) is 2.29. The van der Waals surface area contributed by atoms with Crippen molar-refractivity contribution in [3.8, 4) is 5.75 Å². The van der Waals surface area contributed by atoms with Gasteiger partial charge in [-0.3, -0.25) is 0 Å². The summed E-state index contributed by atoms with van der Waals surface area (Å²) in [6, 6.07) is 5.46. The Morgan fingerprint density at radius 3 is 2.83 bits per heavy atom. The fraction of sp³-hybridized carbons (Fsp3) is 0. The smallest absolute Gasteiger partial charge is 0.125 e. The lowest BCUT2D eigenvalue weighted by atomic mass is 10.2. The second-order valence-electron chi connectivity index (χ2n) is 2.37. The van der Waals surface area contributed by atoms with E-state index in [1.807, 2.05) is 12.1 Å². The third kappa shape index (κ3) is 1.14. The second kappa shape index (κ2) is 2.94. The Kier molecular flexibility index (Phi) is 2.06. The largest absolute Gasteiger partial charge is 0.507 e. The molecule has 1 aromatic carbocycles. The number of thiol groups is 1. The van der Waals surface area contributed by atoms with E-state index in [-0.39, 0.29) is 0 Å². The zero-order valence-electron chi connectivity index (χ0n) is 5.91. The summed E-state index contributed by atoms with van der Waals surface area (Å²) in [6.07, 6.45) is 0. The van der Waals surface area contributed by atoms with Crippen LogP contribution >= 0.6 is 39.9 Å². The number of hydrogen-bond donors (Lipinski definition) is 2. The molecule has 0 bridgehead atoms. The summed E-state index contributed by atoms with van der Waals surface area (Å²) >= 11 is 9.24. The van der Waals surface area contributed by atoms with E-state index in [2.05, 4.69) is 28.6 Å². The second-order valence-corrected chi connectivity index (χ2v) is 5.19. The van der Waals surface area contributed by atoms with Crippen LogP contribution in [0.25, 0.3) is 10.1 Å². The maximum atomic E-state index is 9.50. The van der Waals surface area contributed by atoms with Gasteiger partial charge in [0.05, 0.1) is 3.79 Å². The van der Waals surface area contributed by atoms with Crippen LogP contribution in [0, 0.1) is 0 Å². The summed E-state index contributed by atoms with van der Waals surface area (Å²) in [4.78, 5) is 0.813. The highest BCUT2D eigenvalue weighted by Crippen LogP contribution is 2.41. The summed E-state index contributed by atoms with van der Waals surface area (Å²) in [6.45, 7) is 0. The molecule has 0 unspecified atom stereocenters. The van der Waals surface area contributed by atoms with E-state index in [0.29, 0.717) is 5.75 Å². The topological polar surface area (TPSA) is 20.2 Å². The van der Waals surface area contributed by atoms with Gasteiger partial charge >= 0.3 is 0 Å². The van der Waals surface area contributed by atoms with Crippen molar-refractivity contribution in [3.63, 3.8) is 0 Å². The number of benzene rings is 1. The number of phenols is 1. The fourth-order valence-electron chi connectivity index (χ4n) is 1.09. The Balaban J connectivity index is 2.97. The van der Waals surface area contributed by atoms with Crippen LogP contribution in [0.15, 0.2) is 26.9 Å². The van der Waals surface area contributed by atoms with Gasteiger partial charge in [0.1, 0.15) is 5.75 Å². The number of halogens is 1. The van der Waals surface area contributed by atoms with Crippen molar-refractivity contribution < 1.29 is 5.11 Å². The van der Waals surface area contributed by atoms with E-state index in [4.69, 9.17) is 0 Å². The molecule has 2 aromatic rings. The Labute approximate surface area is 87.6 Å². The summed E-state index contributed by atoms with van der Waals surface area (Å²) in [7, 11) is 0. The molecule has 4 heteroatoms. The van der Waals surface area contributed by atoms with E-state index in [0.717, 1.165) is 18.8 Å². The van der Waals surface area contributed by atoms with Crippen LogP contribution in [0.4, 0.5) is 0 Å². The first kappa shape index (κ1) is 8.41. The molecular formula is C8H5BrOS2. The monoisotopic (exact) mass is 260 g/mol. The van der Waals surface area contributed by atoms with E-state index in [1.165, 1.54) is 0 Å². The Morgan fingerprint density at radius 2 is 2.17 bits per heavy atom. The number of aromatic hydroxyl groups is 1. The van der Waals surface area contributed by atoms with Crippen LogP contribution in [0.1, 0.15) is 0 Å². The van der Waals surface area contributed by atoms with Gasteiger partial charge in [-0.1, -0.05) is 6.07 Å². The predicted octanol–water partition coefficient (Wildman–Crippen LogP) is 3.66. The average molecular weight is 261 g/mol. The predicted molar refractivity (Wildman–Crippen MR) is 58.4 cm³/mol. The van der Waals surface area contributed by atoms with Crippen molar-refractivity contribution in [1.29, 1.82) is 0 Å². The van der Waals surface area contributed by atoms with Crippen LogP contribution in [0.3, 0.4) is 0 Å². The van der Waals surface area contributed by atoms with E-state index in [1.54, 1.807) is 17.4 Å². The minimum atomic E-state index is 0.291. The van der Waals surface area contributed by atoms with Crippen LogP contribution in [-0.4, -0.2) is 5.11 Å². The molecule has 0 fully saturated rings. The van der Waals surface area contributed by atoms with Gasteiger partial charge in [0.25, 0.3) is 0 Å². The lowest BCUT2D eigenvalue weighted by Crippen LogP contribution is -1.66. The molecule has 2 rings (SSSR count). The SMILES string of the molecule is Oc1cccc2sc(Br)c(S)c12. The Hall–Kier alpha value is -0.190. The molecule has 0 atom stereocenters. The summed E-state index contributed by atoms with van der Waals surface area (Å²) in [5, 5.41) is 10.3. The van der Waals surface area contributed by atoms with Crippen molar-refractivity contribution in [2.24, 2.45) is 0 Å². The normalized spacial score (nSPS) is 10.8. The zero-order valence-corrected chi connectivity index (χ0v) is 9.21. The number of rotatable bonds is 0. The quantitative estimate of drug-likeness (QED) is 0.693. The molecule has 1 heterocycles. The van der Waals surface area contributed by atoms with Crippen LogP contribution < -0.4 is 0 Å². The van der Waals surface area contributed by atoms with Gasteiger partial charge in [-0.15, -0.1) is 24.0 Å². The van der Waals surface area contributed by atoms with Gasteiger partial charge in [0, 0.05) is 15.0 Å². The van der Waals surface area contributed by atoms with Gasteiger partial charge in [-0.2, -0.15) is 0 Å². The fourth-order valence-corrected chi connectivity index (χ4v) is 3.10. The molecule has 1 aromatic heterocycles. The first-order valence-corrected chi connectivity index (χ1v) is 5.35. The van der Waals surface area contributed by atoms with Crippen LogP contribution in [0.5, 0.6) is 5.75 Å². The summed E-state index contributed by atoms with van der Waals surface area (Å²) in [5.41, 5.74) is 0. The van der Waals surface area contributed by atoms with E-state index in [9.17, 15) is 5.11 Å². The molecule has 0 radical (unpaired) electrons. The van der Waals surface area contributed by atoms with E-state index < -0.39 is 0 Å². The maximum absolute atomic E-state index is 9.50. The van der Waals surface area contributed by atoms with Crippen molar-refractivity contribution in [3.05, 3.63) is 22.0 Å². The minimum absolute atomic E-state index is 0.291. The molecular weight excluding hydrogens is 256 g/mol. The molecule has 0 saturated heterocycles. The molecule has 12 heavy (non-hydrogen) atoms. The van der Waals surface area contributed by atoms with Gasteiger partial charge in [0.2, 0.25) is 0 Å². The number of fused-ring (bicyclic) bond motifs is 1. The molecule has 0 saturated carbocycles. The Bertz CT molecular complexity index is 436. The van der Waals surface area contributed by atoms with Crippen LogP contribution in [-0.2, 0) is 0 Å². The van der Waals surface area contributed by atoms with Gasteiger partial charge in [-0.25, -0.2) is 0 Å². The summed E-state index contributed by atoms with van der Waals surface area (Å²) in [5.74, 6) is 0.291. The van der Waals surface area contributed by atoms with Crippen LogP contribution in [0.2, 0.25) is 0 Å².